The van der Waals surface area contributed by atoms with E-state index in [0.29, 0.717) is 11.0 Å². The molecule has 0 amide bonds. The Bertz CT molecular complexity index is 724. The fourth-order valence-electron chi connectivity index (χ4n) is 1.68. The summed E-state index contributed by atoms with van der Waals surface area (Å²) in [5, 5.41) is 18.0. The maximum absolute atomic E-state index is 12.1. The summed E-state index contributed by atoms with van der Waals surface area (Å²) in [5.74, 6) is -1.39. The lowest BCUT2D eigenvalue weighted by atomic mass is 10.3. The number of aliphatic carboxylic acids is 1. The van der Waals surface area contributed by atoms with Crippen molar-refractivity contribution in [2.24, 2.45) is 0 Å². The number of nitrogens with zero attached hydrogens (tertiary/aromatic N) is 1. The zero-order valence-electron chi connectivity index (χ0n) is 10.3. The van der Waals surface area contributed by atoms with Gasteiger partial charge in [0.25, 0.3) is 0 Å². The molecule has 20 heavy (non-hydrogen) atoms. The van der Waals surface area contributed by atoms with Gasteiger partial charge in [-0.1, -0.05) is 0 Å². The molecular formula is C11H13N3O5S. The topological polar surface area (TPSA) is 132 Å². The van der Waals surface area contributed by atoms with Crippen molar-refractivity contribution in [1.29, 1.82) is 0 Å². The largest absolute Gasteiger partial charge is 0.479 e. The van der Waals surface area contributed by atoms with E-state index < -0.39 is 22.1 Å². The van der Waals surface area contributed by atoms with E-state index in [2.05, 4.69) is 14.7 Å². The van der Waals surface area contributed by atoms with E-state index in [1.807, 2.05) is 0 Å². The van der Waals surface area contributed by atoms with E-state index in [0.717, 1.165) is 0 Å². The first-order chi connectivity index (χ1) is 9.42. The minimum absolute atomic E-state index is 0.0328. The summed E-state index contributed by atoms with van der Waals surface area (Å²) < 4.78 is 26.4. The summed E-state index contributed by atoms with van der Waals surface area (Å²) >= 11 is 0. The highest BCUT2D eigenvalue weighted by atomic mass is 32.2. The van der Waals surface area contributed by atoms with Gasteiger partial charge in [-0.25, -0.2) is 22.9 Å². The molecule has 108 valence electrons. The molecule has 0 saturated carbocycles. The molecule has 2 aromatic heterocycles. The summed E-state index contributed by atoms with van der Waals surface area (Å²) in [6.07, 6.45) is 1.04. The third-order valence-corrected chi connectivity index (χ3v) is 4.20. The van der Waals surface area contributed by atoms with Gasteiger partial charge >= 0.3 is 5.97 Å². The van der Waals surface area contributed by atoms with Crippen molar-refractivity contribution in [2.45, 2.75) is 17.4 Å². The van der Waals surface area contributed by atoms with Crippen LogP contribution in [0, 0.1) is 0 Å². The first kappa shape index (κ1) is 14.4. The number of carbonyl (C=O) groups is 1. The number of fused-ring (bicyclic) bond motifs is 1. The van der Waals surface area contributed by atoms with E-state index in [-0.39, 0.29) is 17.9 Å². The smallest absolute Gasteiger partial charge is 0.332 e. The van der Waals surface area contributed by atoms with Gasteiger partial charge in [-0.05, 0) is 18.6 Å². The van der Waals surface area contributed by atoms with Gasteiger partial charge in [-0.2, -0.15) is 0 Å². The van der Waals surface area contributed by atoms with Crippen LogP contribution in [0.25, 0.3) is 11.0 Å². The summed E-state index contributed by atoms with van der Waals surface area (Å²) in [7, 11) is -3.79. The second-order valence-corrected chi connectivity index (χ2v) is 5.83. The Labute approximate surface area is 114 Å². The van der Waals surface area contributed by atoms with E-state index in [9.17, 15) is 13.2 Å². The molecule has 0 aromatic carbocycles. The van der Waals surface area contributed by atoms with Crippen molar-refractivity contribution in [3.05, 3.63) is 24.5 Å². The van der Waals surface area contributed by atoms with Gasteiger partial charge in [0.1, 0.15) is 10.5 Å². The Hall–Kier alpha value is -1.97. The van der Waals surface area contributed by atoms with Crippen LogP contribution in [0.5, 0.6) is 0 Å². The van der Waals surface area contributed by atoms with Crippen LogP contribution in [0.3, 0.4) is 0 Å². The number of carboxylic acids is 1. The minimum Gasteiger partial charge on any atom is -0.479 e. The van der Waals surface area contributed by atoms with Gasteiger partial charge < -0.3 is 15.2 Å². The molecule has 4 N–H and O–H groups in total. The SMILES string of the molecule is O=C(O)[C@@H](O)CCNS(=O)(=O)c1c[nH]c2ncccc12. The molecule has 0 saturated heterocycles. The molecule has 0 fully saturated rings. The highest BCUT2D eigenvalue weighted by Gasteiger charge is 2.20. The van der Waals surface area contributed by atoms with Crippen LogP contribution < -0.4 is 4.72 Å². The predicted octanol–water partition coefficient (Wildman–Crippen LogP) is -0.323. The number of aliphatic hydroxyl groups excluding tert-OH is 1. The van der Waals surface area contributed by atoms with Crippen LogP contribution in [0.4, 0.5) is 0 Å². The standard InChI is InChI=1S/C11H13N3O5S/c15-8(11(16)17)3-5-14-20(18,19)9-6-13-10-7(9)2-1-4-12-10/h1-2,4,6,8,14-15H,3,5H2,(H,12,13)(H,16,17)/t8-/m0/s1. The highest BCUT2D eigenvalue weighted by molar-refractivity contribution is 7.89. The molecule has 2 rings (SSSR count). The van der Waals surface area contributed by atoms with E-state index in [1.165, 1.54) is 12.4 Å². The van der Waals surface area contributed by atoms with Gasteiger partial charge in [0, 0.05) is 24.3 Å². The average molecular weight is 299 g/mol. The lowest BCUT2D eigenvalue weighted by molar-refractivity contribution is -0.146. The molecular weight excluding hydrogens is 286 g/mol. The third kappa shape index (κ3) is 2.95. The molecule has 0 radical (unpaired) electrons. The van der Waals surface area contributed by atoms with Gasteiger partial charge in [0.05, 0.1) is 0 Å². The quantitative estimate of drug-likeness (QED) is 0.577. The van der Waals surface area contributed by atoms with E-state index >= 15 is 0 Å². The molecule has 0 spiro atoms. The molecule has 0 unspecified atom stereocenters. The second-order valence-electron chi connectivity index (χ2n) is 4.09. The molecule has 0 aliphatic rings. The van der Waals surface area contributed by atoms with Crippen molar-refractivity contribution in [3.63, 3.8) is 0 Å². The second kappa shape index (κ2) is 5.57. The van der Waals surface area contributed by atoms with Crippen molar-refractivity contribution in [1.82, 2.24) is 14.7 Å². The number of nitrogens with one attached hydrogen (secondary N) is 2. The summed E-state index contributed by atoms with van der Waals surface area (Å²) in [6, 6.07) is 3.23. The van der Waals surface area contributed by atoms with Crippen molar-refractivity contribution < 1.29 is 23.4 Å². The fraction of sp³-hybridized carbons (Fsp3) is 0.273. The number of aromatic nitrogens is 2. The van der Waals surface area contributed by atoms with E-state index in [4.69, 9.17) is 10.2 Å². The zero-order chi connectivity index (χ0) is 14.8. The Morgan fingerprint density at radius 1 is 1.50 bits per heavy atom. The summed E-state index contributed by atoms with van der Waals surface area (Å²) in [4.78, 5) is 17.2. The maximum atomic E-state index is 12.1. The van der Waals surface area contributed by atoms with Crippen molar-refractivity contribution in [3.8, 4) is 0 Å². The van der Waals surface area contributed by atoms with Crippen molar-refractivity contribution in [2.75, 3.05) is 6.54 Å². The number of pyridine rings is 1. The zero-order valence-corrected chi connectivity index (χ0v) is 11.1. The molecule has 8 nitrogen and oxygen atoms in total. The van der Waals surface area contributed by atoms with Crippen LogP contribution in [-0.4, -0.2) is 47.2 Å². The molecule has 2 aromatic rings. The first-order valence-corrected chi connectivity index (χ1v) is 7.23. The monoisotopic (exact) mass is 299 g/mol. The minimum atomic E-state index is -3.79. The summed E-state index contributed by atoms with van der Waals surface area (Å²) in [5.41, 5.74) is 0.443. The maximum Gasteiger partial charge on any atom is 0.332 e. The molecule has 9 heteroatoms. The highest BCUT2D eigenvalue weighted by Crippen LogP contribution is 2.20. The average Bonchev–Trinajstić information content (AvgIpc) is 2.82. The Kier molecular flexibility index (Phi) is 4.02. The van der Waals surface area contributed by atoms with Gasteiger partial charge in [0.15, 0.2) is 6.10 Å². The molecule has 0 aliphatic carbocycles. The number of hydrogen-bond acceptors (Lipinski definition) is 5. The molecule has 0 bridgehead atoms. The Morgan fingerprint density at radius 3 is 2.95 bits per heavy atom. The van der Waals surface area contributed by atoms with Crippen LogP contribution in [0.1, 0.15) is 6.42 Å². The van der Waals surface area contributed by atoms with Crippen LogP contribution >= 0.6 is 0 Å². The van der Waals surface area contributed by atoms with E-state index in [1.54, 1.807) is 12.1 Å². The van der Waals surface area contributed by atoms with Gasteiger partial charge in [0.2, 0.25) is 10.0 Å². The Morgan fingerprint density at radius 2 is 2.25 bits per heavy atom. The van der Waals surface area contributed by atoms with Crippen molar-refractivity contribution >= 4 is 27.0 Å². The molecule has 1 atom stereocenters. The number of sulfonamides is 1. The molecule has 0 aliphatic heterocycles. The number of aromatic amines is 1. The van der Waals surface area contributed by atoms with Crippen LogP contribution in [-0.2, 0) is 14.8 Å². The van der Waals surface area contributed by atoms with Crippen LogP contribution in [0.2, 0.25) is 0 Å². The lowest BCUT2D eigenvalue weighted by Crippen LogP contribution is -2.30. The predicted molar refractivity (Wildman–Crippen MR) is 69.5 cm³/mol. The number of hydrogen-bond donors (Lipinski definition) is 4. The number of aliphatic hydroxyl groups is 1. The van der Waals surface area contributed by atoms with Gasteiger partial charge in [-0.15, -0.1) is 0 Å². The van der Waals surface area contributed by atoms with Crippen LogP contribution in [0.15, 0.2) is 29.4 Å². The molecule has 2 heterocycles. The number of H-pyrrole nitrogens is 1. The first-order valence-electron chi connectivity index (χ1n) is 5.74. The number of rotatable bonds is 6. The lowest BCUT2D eigenvalue weighted by Gasteiger charge is -2.07. The summed E-state index contributed by atoms with van der Waals surface area (Å²) in [6.45, 7) is -0.178. The van der Waals surface area contributed by atoms with Gasteiger partial charge in [-0.3, -0.25) is 0 Å². The number of carboxylic acid groups (broad SMARTS) is 1. The normalized spacial score (nSPS) is 13.4. The Balaban J connectivity index is 2.13. The third-order valence-electron chi connectivity index (χ3n) is 2.70. The fourth-order valence-corrected chi connectivity index (χ4v) is 2.89.